The Balaban J connectivity index is 1.56. The van der Waals surface area contributed by atoms with Crippen molar-refractivity contribution < 1.29 is 13.2 Å². The number of rotatable bonds is 7. The molecule has 0 aliphatic heterocycles. The minimum absolute atomic E-state index is 0.122. The van der Waals surface area contributed by atoms with Crippen LogP contribution in [0.25, 0.3) is 10.8 Å². The van der Waals surface area contributed by atoms with Crippen LogP contribution in [0.1, 0.15) is 12.8 Å². The summed E-state index contributed by atoms with van der Waals surface area (Å²) in [6, 6.07) is 16.9. The van der Waals surface area contributed by atoms with Gasteiger partial charge in [-0.15, -0.1) is 11.3 Å². The van der Waals surface area contributed by atoms with Gasteiger partial charge in [0.25, 0.3) is 10.0 Å². The van der Waals surface area contributed by atoms with Gasteiger partial charge in [-0.05, 0) is 29.3 Å². The molecule has 0 saturated heterocycles. The fraction of sp³-hybridized carbons (Fsp3) is 0.211. The minimum atomic E-state index is -3.46. The molecule has 0 unspecified atom stereocenters. The van der Waals surface area contributed by atoms with Gasteiger partial charge in [-0.25, -0.2) is 12.7 Å². The summed E-state index contributed by atoms with van der Waals surface area (Å²) >= 11 is 1.19. The number of carbonyl (C=O) groups is 1. The van der Waals surface area contributed by atoms with Crippen LogP contribution in [0.5, 0.6) is 0 Å². The summed E-state index contributed by atoms with van der Waals surface area (Å²) in [6.45, 7) is 0.295. The zero-order valence-corrected chi connectivity index (χ0v) is 16.0. The van der Waals surface area contributed by atoms with E-state index in [9.17, 15) is 13.2 Å². The van der Waals surface area contributed by atoms with Crippen LogP contribution in [-0.4, -0.2) is 32.2 Å². The molecule has 2 aromatic carbocycles. The number of benzene rings is 2. The predicted octanol–water partition coefficient (Wildman–Crippen LogP) is 3.94. The Labute approximate surface area is 157 Å². The molecular weight excluding hydrogens is 368 g/mol. The zero-order chi connectivity index (χ0) is 18.6. The van der Waals surface area contributed by atoms with E-state index in [0.717, 1.165) is 16.5 Å². The monoisotopic (exact) mass is 388 g/mol. The van der Waals surface area contributed by atoms with E-state index in [1.54, 1.807) is 17.5 Å². The van der Waals surface area contributed by atoms with E-state index in [1.807, 2.05) is 42.5 Å². The molecule has 3 aromatic rings. The zero-order valence-electron chi connectivity index (χ0n) is 14.4. The van der Waals surface area contributed by atoms with Crippen molar-refractivity contribution >= 4 is 43.7 Å². The van der Waals surface area contributed by atoms with Gasteiger partial charge in [-0.3, -0.25) is 4.79 Å². The first-order valence-electron chi connectivity index (χ1n) is 8.26. The van der Waals surface area contributed by atoms with Gasteiger partial charge in [0.15, 0.2) is 0 Å². The van der Waals surface area contributed by atoms with Crippen LogP contribution in [0.15, 0.2) is 64.2 Å². The maximum Gasteiger partial charge on any atom is 0.252 e. The second-order valence-electron chi connectivity index (χ2n) is 5.94. The lowest BCUT2D eigenvalue weighted by Gasteiger charge is -2.16. The largest absolute Gasteiger partial charge is 0.326 e. The average molecular weight is 389 g/mol. The fourth-order valence-corrected chi connectivity index (χ4v) is 5.10. The standard InChI is InChI=1S/C19H20N2O3S2/c1-21(26(23,24)19-12-6-14-25-19)13-5-11-18(22)20-17-10-4-8-15-7-2-3-9-16(15)17/h2-4,6-10,12,14H,5,11,13H2,1H3,(H,20,22). The van der Waals surface area contributed by atoms with Crippen LogP contribution in [0.2, 0.25) is 0 Å². The molecule has 1 aromatic heterocycles. The molecule has 0 aliphatic carbocycles. The molecule has 1 N–H and O–H groups in total. The highest BCUT2D eigenvalue weighted by molar-refractivity contribution is 7.91. The van der Waals surface area contributed by atoms with Crippen LogP contribution in [-0.2, 0) is 14.8 Å². The number of hydrogen-bond donors (Lipinski definition) is 1. The number of thiophene rings is 1. The first-order valence-corrected chi connectivity index (χ1v) is 10.6. The molecule has 26 heavy (non-hydrogen) atoms. The van der Waals surface area contributed by atoms with Crippen LogP contribution < -0.4 is 5.32 Å². The van der Waals surface area contributed by atoms with Gasteiger partial charge in [0.1, 0.15) is 4.21 Å². The summed E-state index contributed by atoms with van der Waals surface area (Å²) in [5, 5.41) is 6.70. The van der Waals surface area contributed by atoms with E-state index >= 15 is 0 Å². The average Bonchev–Trinajstić information content (AvgIpc) is 3.17. The van der Waals surface area contributed by atoms with Gasteiger partial charge in [0.05, 0.1) is 0 Å². The number of sulfonamides is 1. The highest BCUT2D eigenvalue weighted by Crippen LogP contribution is 2.23. The molecule has 136 valence electrons. The number of nitrogens with one attached hydrogen (secondary N) is 1. The second-order valence-corrected chi connectivity index (χ2v) is 9.16. The number of anilines is 1. The third-order valence-electron chi connectivity index (χ3n) is 4.10. The third-order valence-corrected chi connectivity index (χ3v) is 7.33. The summed E-state index contributed by atoms with van der Waals surface area (Å²) in [5.41, 5.74) is 0.771. The Morgan fingerprint density at radius 2 is 1.85 bits per heavy atom. The van der Waals surface area contributed by atoms with Crippen molar-refractivity contribution in [2.24, 2.45) is 0 Å². The Morgan fingerprint density at radius 3 is 2.62 bits per heavy atom. The number of carbonyl (C=O) groups excluding carboxylic acids is 1. The van der Waals surface area contributed by atoms with Gasteiger partial charge in [-0.2, -0.15) is 0 Å². The molecule has 0 radical (unpaired) electrons. The van der Waals surface area contributed by atoms with Gasteiger partial charge < -0.3 is 5.32 Å². The minimum Gasteiger partial charge on any atom is -0.326 e. The summed E-state index contributed by atoms with van der Waals surface area (Å²) in [7, 11) is -1.92. The molecule has 0 bridgehead atoms. The molecule has 3 rings (SSSR count). The lowest BCUT2D eigenvalue weighted by molar-refractivity contribution is -0.116. The Hall–Kier alpha value is -2.22. The molecule has 0 fully saturated rings. The number of fused-ring (bicyclic) bond motifs is 1. The molecule has 7 heteroatoms. The Kier molecular flexibility index (Phi) is 5.70. The van der Waals surface area contributed by atoms with Crippen LogP contribution in [0, 0.1) is 0 Å². The Bertz CT molecular complexity index is 993. The predicted molar refractivity (Wildman–Crippen MR) is 106 cm³/mol. The molecule has 5 nitrogen and oxygen atoms in total. The first kappa shape index (κ1) is 18.6. The maximum absolute atomic E-state index is 12.3. The number of nitrogens with zero attached hydrogens (tertiary/aromatic N) is 1. The third kappa shape index (κ3) is 4.12. The van der Waals surface area contributed by atoms with Crippen molar-refractivity contribution in [3.05, 3.63) is 60.0 Å². The summed E-state index contributed by atoms with van der Waals surface area (Å²) in [5.74, 6) is -0.122. The molecule has 0 aliphatic rings. The first-order chi connectivity index (χ1) is 12.5. The normalized spacial score (nSPS) is 11.8. The fourth-order valence-electron chi connectivity index (χ4n) is 2.69. The van der Waals surface area contributed by atoms with E-state index in [2.05, 4.69) is 5.32 Å². The Morgan fingerprint density at radius 1 is 1.08 bits per heavy atom. The quantitative estimate of drug-likeness (QED) is 0.667. The number of amides is 1. The van der Waals surface area contributed by atoms with Crippen molar-refractivity contribution in [1.29, 1.82) is 0 Å². The highest BCUT2D eigenvalue weighted by Gasteiger charge is 2.21. The lowest BCUT2D eigenvalue weighted by Crippen LogP contribution is -2.28. The van der Waals surface area contributed by atoms with Crippen LogP contribution in [0.4, 0.5) is 5.69 Å². The van der Waals surface area contributed by atoms with Crippen molar-refractivity contribution in [3.8, 4) is 0 Å². The van der Waals surface area contributed by atoms with Gasteiger partial charge in [0, 0.05) is 31.1 Å². The van der Waals surface area contributed by atoms with Gasteiger partial charge >= 0.3 is 0 Å². The van der Waals surface area contributed by atoms with Gasteiger partial charge in [-0.1, -0.05) is 42.5 Å². The molecule has 0 spiro atoms. The summed E-state index contributed by atoms with van der Waals surface area (Å²) < 4.78 is 26.3. The van der Waals surface area contributed by atoms with E-state index < -0.39 is 10.0 Å². The van der Waals surface area contributed by atoms with E-state index in [0.29, 0.717) is 17.2 Å². The van der Waals surface area contributed by atoms with Crippen LogP contribution in [0.3, 0.4) is 0 Å². The van der Waals surface area contributed by atoms with E-state index in [1.165, 1.54) is 22.7 Å². The molecule has 0 atom stereocenters. The molecular formula is C19H20N2O3S2. The topological polar surface area (TPSA) is 66.5 Å². The number of hydrogen-bond acceptors (Lipinski definition) is 4. The van der Waals surface area contributed by atoms with Crippen molar-refractivity contribution in [2.45, 2.75) is 17.1 Å². The molecule has 0 saturated carbocycles. The van der Waals surface area contributed by atoms with Crippen molar-refractivity contribution in [1.82, 2.24) is 4.31 Å². The smallest absolute Gasteiger partial charge is 0.252 e. The lowest BCUT2D eigenvalue weighted by atomic mass is 10.1. The van der Waals surface area contributed by atoms with E-state index in [-0.39, 0.29) is 12.3 Å². The summed E-state index contributed by atoms with van der Waals surface area (Å²) in [4.78, 5) is 12.2. The summed E-state index contributed by atoms with van der Waals surface area (Å²) in [6.07, 6.45) is 0.714. The van der Waals surface area contributed by atoms with Crippen LogP contribution >= 0.6 is 11.3 Å². The van der Waals surface area contributed by atoms with Crippen molar-refractivity contribution in [2.75, 3.05) is 18.9 Å². The highest BCUT2D eigenvalue weighted by atomic mass is 32.2. The SMILES string of the molecule is CN(CCCC(=O)Nc1cccc2ccccc12)S(=O)(=O)c1cccs1. The molecule has 1 amide bonds. The van der Waals surface area contributed by atoms with Crippen molar-refractivity contribution in [3.63, 3.8) is 0 Å². The van der Waals surface area contributed by atoms with Gasteiger partial charge in [0.2, 0.25) is 5.91 Å². The second kappa shape index (κ2) is 7.99. The van der Waals surface area contributed by atoms with E-state index in [4.69, 9.17) is 0 Å². The molecule has 1 heterocycles. The maximum atomic E-state index is 12.3.